The minimum Gasteiger partial charge on any atom is -0.455 e. The van der Waals surface area contributed by atoms with Crippen LogP contribution in [0.2, 0.25) is 0 Å². The Bertz CT molecular complexity index is 990. The molecule has 24 heteroatoms. The van der Waals surface area contributed by atoms with Gasteiger partial charge >= 0.3 is 48.6 Å². The molecule has 0 rings (SSSR count). The van der Waals surface area contributed by atoms with E-state index in [1.165, 1.54) is 0 Å². The van der Waals surface area contributed by atoms with Crippen LogP contribution >= 0.6 is 0 Å². The summed E-state index contributed by atoms with van der Waals surface area (Å²) in [6, 6.07) is -2.59. The molecule has 236 valence electrons. The van der Waals surface area contributed by atoms with Crippen LogP contribution in [0, 0.1) is 0 Å². The summed E-state index contributed by atoms with van der Waals surface area (Å²) in [5.74, 6) is -15.1. The zero-order chi connectivity index (χ0) is 32.6. The van der Waals surface area contributed by atoms with Crippen molar-refractivity contribution in [3.05, 3.63) is 0 Å². The van der Waals surface area contributed by atoms with Crippen molar-refractivity contribution in [2.75, 3.05) is 13.7 Å². The van der Waals surface area contributed by atoms with Crippen molar-refractivity contribution in [1.29, 1.82) is 0 Å². The molecule has 0 radical (unpaired) electrons. The van der Waals surface area contributed by atoms with Gasteiger partial charge in [0.25, 0.3) is 0 Å². The Balaban J connectivity index is 7.27. The number of halogens is 12. The van der Waals surface area contributed by atoms with Crippen LogP contribution in [0.5, 0.6) is 0 Å². The van der Waals surface area contributed by atoms with Crippen LogP contribution < -0.4 is 5.32 Å². The number of hydrogen-bond donors (Lipinski definition) is 1. The van der Waals surface area contributed by atoms with E-state index in [-0.39, 0.29) is 6.21 Å². The first kappa shape index (κ1) is 37.0. The molecule has 12 nitrogen and oxygen atoms in total. The highest BCUT2D eigenvalue weighted by Crippen LogP contribution is 2.28. The quantitative estimate of drug-likeness (QED) is 0.117. The average Bonchev–Trinajstić information content (AvgIpc) is 2.78. The molecule has 41 heavy (non-hydrogen) atoms. The Hall–Kier alpha value is -4.02. The van der Waals surface area contributed by atoms with Gasteiger partial charge in [-0.1, -0.05) is 5.16 Å². The van der Waals surface area contributed by atoms with Gasteiger partial charge in [0.1, 0.15) is 19.8 Å². The lowest BCUT2D eigenvalue weighted by Crippen LogP contribution is -2.59. The van der Waals surface area contributed by atoms with Gasteiger partial charge in [0.05, 0.1) is 6.21 Å². The molecule has 0 aromatic heterocycles. The SMILES string of the molecule is CO/N=C/C(NC(C)=O)C(OC(=O)C(F)(F)F)C(OC(=O)C(F)(F)F)C(COC(=O)C(F)(F)F)OC(=O)C(F)(F)F. The highest BCUT2D eigenvalue weighted by molar-refractivity contribution is 5.81. The van der Waals surface area contributed by atoms with Gasteiger partial charge in [-0.15, -0.1) is 0 Å². The van der Waals surface area contributed by atoms with Crippen LogP contribution in [0.3, 0.4) is 0 Å². The Morgan fingerprint density at radius 1 is 0.683 bits per heavy atom. The third-order valence-electron chi connectivity index (χ3n) is 3.79. The van der Waals surface area contributed by atoms with Crippen molar-refractivity contribution >= 4 is 36.0 Å². The van der Waals surface area contributed by atoms with Crippen molar-refractivity contribution in [3.8, 4) is 0 Å². The molecule has 0 aromatic carbocycles. The normalized spacial score (nSPS) is 15.7. The number of carbonyl (C=O) groups is 5. The Morgan fingerprint density at radius 2 is 1.07 bits per heavy atom. The second-order valence-corrected chi connectivity index (χ2v) is 6.94. The molecule has 0 aliphatic rings. The molecule has 0 saturated heterocycles. The van der Waals surface area contributed by atoms with E-state index in [1.807, 2.05) is 0 Å². The van der Waals surface area contributed by atoms with E-state index in [2.05, 4.69) is 28.9 Å². The first-order valence-corrected chi connectivity index (χ1v) is 9.73. The number of esters is 4. The van der Waals surface area contributed by atoms with Gasteiger partial charge in [-0.05, 0) is 0 Å². The molecule has 0 saturated carbocycles. The maximum atomic E-state index is 12.9. The molecule has 0 spiro atoms. The van der Waals surface area contributed by atoms with Crippen LogP contribution in [0.1, 0.15) is 6.92 Å². The molecule has 0 fully saturated rings. The van der Waals surface area contributed by atoms with Crippen molar-refractivity contribution in [2.45, 2.75) is 56.0 Å². The van der Waals surface area contributed by atoms with E-state index in [0.29, 0.717) is 14.0 Å². The number of amides is 1. The smallest absolute Gasteiger partial charge is 0.455 e. The Kier molecular flexibility index (Phi) is 12.7. The number of rotatable bonds is 11. The number of nitrogens with one attached hydrogen (secondary N) is 1. The summed E-state index contributed by atoms with van der Waals surface area (Å²) in [6.45, 7) is -1.86. The number of hydrogen-bond acceptors (Lipinski definition) is 11. The molecular formula is C17H14F12N2O10. The lowest BCUT2D eigenvalue weighted by Gasteiger charge is -2.35. The van der Waals surface area contributed by atoms with E-state index in [4.69, 9.17) is 0 Å². The first-order chi connectivity index (χ1) is 18.3. The fourth-order valence-electron chi connectivity index (χ4n) is 2.29. The zero-order valence-corrected chi connectivity index (χ0v) is 19.7. The number of alkyl halides is 12. The van der Waals surface area contributed by atoms with E-state index in [1.54, 1.807) is 5.32 Å². The predicted molar refractivity (Wildman–Crippen MR) is 97.9 cm³/mol. The Labute approximate surface area is 217 Å². The molecule has 0 aliphatic heterocycles. The van der Waals surface area contributed by atoms with Gasteiger partial charge in [-0.2, -0.15) is 52.7 Å². The monoisotopic (exact) mass is 634 g/mol. The molecule has 0 aromatic rings. The topological polar surface area (TPSA) is 156 Å². The van der Waals surface area contributed by atoms with E-state index in [0.717, 1.165) is 0 Å². The lowest BCUT2D eigenvalue weighted by molar-refractivity contribution is -0.241. The van der Waals surface area contributed by atoms with Gasteiger partial charge in [-0.25, -0.2) is 19.2 Å². The third kappa shape index (κ3) is 12.8. The van der Waals surface area contributed by atoms with Crippen LogP contribution in [0.25, 0.3) is 0 Å². The highest BCUT2D eigenvalue weighted by atomic mass is 19.4. The molecule has 4 unspecified atom stereocenters. The Morgan fingerprint density at radius 3 is 1.44 bits per heavy atom. The molecular weight excluding hydrogens is 620 g/mol. The van der Waals surface area contributed by atoms with E-state index >= 15 is 0 Å². The molecule has 1 amide bonds. The van der Waals surface area contributed by atoms with Crippen LogP contribution in [0.15, 0.2) is 5.16 Å². The summed E-state index contributed by atoms with van der Waals surface area (Å²) in [5, 5.41) is 4.45. The zero-order valence-electron chi connectivity index (χ0n) is 19.7. The lowest BCUT2D eigenvalue weighted by atomic mass is 10.0. The van der Waals surface area contributed by atoms with E-state index < -0.39 is 85.5 Å². The first-order valence-electron chi connectivity index (χ1n) is 9.73. The largest absolute Gasteiger partial charge is 0.490 e. The molecule has 4 atom stereocenters. The summed E-state index contributed by atoms with van der Waals surface area (Å²) in [5.41, 5.74) is 0. The second kappa shape index (κ2) is 14.0. The fourth-order valence-corrected chi connectivity index (χ4v) is 2.29. The van der Waals surface area contributed by atoms with Crippen LogP contribution in [0.4, 0.5) is 52.7 Å². The van der Waals surface area contributed by atoms with Gasteiger partial charge in [0.2, 0.25) is 5.91 Å². The third-order valence-corrected chi connectivity index (χ3v) is 3.79. The van der Waals surface area contributed by atoms with E-state index in [9.17, 15) is 76.7 Å². The maximum Gasteiger partial charge on any atom is 0.490 e. The molecule has 0 aliphatic carbocycles. The maximum absolute atomic E-state index is 12.9. The van der Waals surface area contributed by atoms with Gasteiger partial charge in [0.15, 0.2) is 18.3 Å². The van der Waals surface area contributed by atoms with Gasteiger partial charge in [-0.3, -0.25) is 4.79 Å². The minimum absolute atomic E-state index is 0.106. The average molecular weight is 634 g/mol. The summed E-state index contributed by atoms with van der Waals surface area (Å²) < 4.78 is 168. The molecule has 0 heterocycles. The van der Waals surface area contributed by atoms with Crippen LogP contribution in [-0.2, 0) is 47.8 Å². The molecule has 1 N–H and O–H groups in total. The standard InChI is InChI=1S/C17H14F12N2O10/c1-5(32)31-6(3-30-37-2)8(40-12(35)16(24,25)26)9(41-13(36)17(27,28)29)7(39-11(34)15(21,22)23)4-38-10(33)14(18,19)20/h3,6-9H,4H2,1-2H3,(H,31,32)/b30-3+. The number of oxime groups is 1. The van der Waals surface area contributed by atoms with Crippen molar-refractivity contribution in [3.63, 3.8) is 0 Å². The minimum atomic E-state index is -6.16. The van der Waals surface area contributed by atoms with Gasteiger partial charge < -0.3 is 29.1 Å². The van der Waals surface area contributed by atoms with Crippen molar-refractivity contribution in [2.24, 2.45) is 5.16 Å². The fraction of sp³-hybridized carbons (Fsp3) is 0.647. The summed E-state index contributed by atoms with van der Waals surface area (Å²) in [6.07, 6.45) is -34.8. The molecule has 0 bridgehead atoms. The summed E-state index contributed by atoms with van der Waals surface area (Å²) in [7, 11) is 0.712. The second-order valence-electron chi connectivity index (χ2n) is 6.94. The van der Waals surface area contributed by atoms with Crippen molar-refractivity contribution < 1.29 is 100 Å². The number of nitrogens with zero attached hydrogens (tertiary/aromatic N) is 1. The summed E-state index contributed by atoms with van der Waals surface area (Å²) in [4.78, 5) is 61.0. The number of carbonyl (C=O) groups excluding carboxylic acids is 5. The number of ether oxygens (including phenoxy) is 4. The van der Waals surface area contributed by atoms with Crippen molar-refractivity contribution in [1.82, 2.24) is 5.32 Å². The highest BCUT2D eigenvalue weighted by Gasteiger charge is 2.54. The van der Waals surface area contributed by atoms with Crippen LogP contribution in [-0.4, -0.2) is 98.8 Å². The predicted octanol–water partition coefficient (Wildman–Crippen LogP) is 1.65. The van der Waals surface area contributed by atoms with Gasteiger partial charge in [0, 0.05) is 6.92 Å². The summed E-state index contributed by atoms with van der Waals surface area (Å²) >= 11 is 0.